The molecule has 1 N–H and O–H groups in total. The molecule has 138 valence electrons. The zero-order valence-electron chi connectivity index (χ0n) is 15.2. The maximum atomic E-state index is 12.6. The number of aliphatic hydroxyl groups is 1. The minimum atomic E-state index is -0.482. The number of Topliss-reactive ketones (excluding diaryl/α,β-unsaturated/α-hetero) is 1. The predicted octanol–water partition coefficient (Wildman–Crippen LogP) is 4.53. The van der Waals surface area contributed by atoms with Gasteiger partial charge in [0, 0.05) is 23.0 Å². The van der Waals surface area contributed by atoms with Crippen LogP contribution in [0.15, 0.2) is 48.5 Å². The van der Waals surface area contributed by atoms with Crippen LogP contribution in [0.4, 0.5) is 0 Å². The van der Waals surface area contributed by atoms with Crippen molar-refractivity contribution >= 4 is 17.4 Å². The van der Waals surface area contributed by atoms with Crippen LogP contribution < -0.4 is 0 Å². The molecule has 3 nitrogen and oxygen atoms in total. The minimum absolute atomic E-state index is 0.0633. The molecule has 1 aliphatic rings. The Balaban J connectivity index is 1.51. The Morgan fingerprint density at radius 1 is 1.12 bits per heavy atom. The van der Waals surface area contributed by atoms with Gasteiger partial charge in [0.05, 0.1) is 6.10 Å². The molecular formula is C22H26ClNO2. The molecule has 26 heavy (non-hydrogen) atoms. The van der Waals surface area contributed by atoms with Gasteiger partial charge in [0.25, 0.3) is 0 Å². The summed E-state index contributed by atoms with van der Waals surface area (Å²) < 4.78 is 0. The lowest BCUT2D eigenvalue weighted by atomic mass is 9.88. The monoisotopic (exact) mass is 371 g/mol. The second-order valence-corrected chi connectivity index (χ2v) is 7.49. The molecule has 0 saturated carbocycles. The molecule has 2 aromatic carbocycles. The van der Waals surface area contributed by atoms with Crippen molar-refractivity contribution in [3.8, 4) is 0 Å². The van der Waals surface area contributed by atoms with Gasteiger partial charge in [0.2, 0.25) is 0 Å². The maximum absolute atomic E-state index is 12.6. The molecular weight excluding hydrogens is 346 g/mol. The number of hydrogen-bond acceptors (Lipinski definition) is 3. The van der Waals surface area contributed by atoms with Crippen molar-refractivity contribution in [2.75, 3.05) is 19.6 Å². The summed E-state index contributed by atoms with van der Waals surface area (Å²) in [5.41, 5.74) is 2.98. The smallest absolute Gasteiger partial charge is 0.166 e. The number of β-amino-alcohol motifs (C(OH)–C–C–N with tert-alkyl or cyclic N) is 1. The van der Waals surface area contributed by atoms with Crippen molar-refractivity contribution in [2.45, 2.75) is 32.3 Å². The van der Waals surface area contributed by atoms with E-state index in [1.54, 1.807) is 24.3 Å². The highest BCUT2D eigenvalue weighted by molar-refractivity contribution is 6.30. The quantitative estimate of drug-likeness (QED) is 0.758. The Kier molecular flexibility index (Phi) is 6.47. The summed E-state index contributed by atoms with van der Waals surface area (Å²) in [5, 5.41) is 11.1. The summed E-state index contributed by atoms with van der Waals surface area (Å²) in [6, 6.07) is 15.3. The zero-order valence-corrected chi connectivity index (χ0v) is 16.0. The summed E-state index contributed by atoms with van der Waals surface area (Å²) in [5.74, 6) is 0.269. The number of piperidine rings is 1. The molecule has 1 aliphatic heterocycles. The molecule has 0 radical (unpaired) electrons. The van der Waals surface area contributed by atoms with Crippen molar-refractivity contribution in [1.82, 2.24) is 4.90 Å². The van der Waals surface area contributed by atoms with E-state index in [0.29, 0.717) is 11.6 Å². The molecule has 0 amide bonds. The number of likely N-dealkylation sites (tertiary alicyclic amines) is 1. The molecule has 1 atom stereocenters. The van der Waals surface area contributed by atoms with Crippen LogP contribution in [0.25, 0.3) is 0 Å². The van der Waals surface area contributed by atoms with E-state index in [1.807, 2.05) is 12.1 Å². The number of benzene rings is 2. The average Bonchev–Trinajstić information content (AvgIpc) is 2.68. The summed E-state index contributed by atoms with van der Waals surface area (Å²) in [4.78, 5) is 14.9. The van der Waals surface area contributed by atoms with E-state index in [4.69, 9.17) is 11.6 Å². The van der Waals surface area contributed by atoms with Gasteiger partial charge in [-0.15, -0.1) is 0 Å². The Morgan fingerprint density at radius 2 is 1.73 bits per heavy atom. The first-order valence-electron chi connectivity index (χ1n) is 9.36. The first kappa shape index (κ1) is 19.1. The summed E-state index contributed by atoms with van der Waals surface area (Å²) in [6.07, 6.45) is 2.20. The highest BCUT2D eigenvalue weighted by Gasteiger charge is 2.26. The molecule has 1 saturated heterocycles. The third kappa shape index (κ3) is 4.73. The number of carbonyl (C=O) groups is 1. The standard InChI is InChI=1S/C22H26ClNO2/c1-2-16-3-5-17(6-4-16)21(25)15-24-13-11-19(12-14-24)22(26)18-7-9-20(23)10-8-18/h3-10,19,21,25H,2,11-15H2,1H3. The lowest BCUT2D eigenvalue weighted by molar-refractivity contribution is 0.0727. The summed E-state index contributed by atoms with van der Waals surface area (Å²) in [7, 11) is 0. The maximum Gasteiger partial charge on any atom is 0.166 e. The highest BCUT2D eigenvalue weighted by Crippen LogP contribution is 2.24. The van der Waals surface area contributed by atoms with Crippen molar-refractivity contribution in [2.24, 2.45) is 5.92 Å². The molecule has 3 rings (SSSR count). The zero-order chi connectivity index (χ0) is 18.5. The van der Waals surface area contributed by atoms with E-state index in [1.165, 1.54) is 5.56 Å². The molecule has 2 aromatic rings. The fourth-order valence-electron chi connectivity index (χ4n) is 3.55. The molecule has 1 fully saturated rings. The van der Waals surface area contributed by atoms with Crippen LogP contribution in [0.3, 0.4) is 0 Å². The molecule has 4 heteroatoms. The second-order valence-electron chi connectivity index (χ2n) is 7.06. The largest absolute Gasteiger partial charge is 0.387 e. The van der Waals surface area contributed by atoms with Crippen LogP contribution in [0.2, 0.25) is 5.02 Å². The Hall–Kier alpha value is -1.68. The Morgan fingerprint density at radius 3 is 2.31 bits per heavy atom. The number of ketones is 1. The van der Waals surface area contributed by atoms with Crippen LogP contribution in [0.1, 0.15) is 47.4 Å². The van der Waals surface area contributed by atoms with E-state index in [0.717, 1.165) is 43.5 Å². The van der Waals surface area contributed by atoms with Gasteiger partial charge in [0.1, 0.15) is 0 Å². The number of rotatable bonds is 6. The Bertz CT molecular complexity index is 719. The van der Waals surface area contributed by atoms with E-state index in [-0.39, 0.29) is 11.7 Å². The van der Waals surface area contributed by atoms with Crippen molar-refractivity contribution in [3.05, 3.63) is 70.2 Å². The predicted molar refractivity (Wildman–Crippen MR) is 106 cm³/mol. The van der Waals surface area contributed by atoms with Gasteiger partial charge in [-0.25, -0.2) is 0 Å². The minimum Gasteiger partial charge on any atom is -0.387 e. The van der Waals surface area contributed by atoms with E-state index >= 15 is 0 Å². The molecule has 0 bridgehead atoms. The van der Waals surface area contributed by atoms with Crippen molar-refractivity contribution in [3.63, 3.8) is 0 Å². The summed E-state index contributed by atoms with van der Waals surface area (Å²) in [6.45, 7) is 4.43. The number of aryl methyl sites for hydroxylation is 1. The Labute approximate surface area is 160 Å². The third-order valence-corrected chi connectivity index (χ3v) is 5.54. The number of hydrogen-bond donors (Lipinski definition) is 1. The molecule has 1 heterocycles. The molecule has 0 aliphatic carbocycles. The SMILES string of the molecule is CCc1ccc(C(O)CN2CCC(C(=O)c3ccc(Cl)cc3)CC2)cc1. The first-order chi connectivity index (χ1) is 12.6. The molecule has 0 spiro atoms. The van der Waals surface area contributed by atoms with Gasteiger partial charge in [-0.3, -0.25) is 4.79 Å². The van der Waals surface area contributed by atoms with Gasteiger partial charge in [-0.2, -0.15) is 0 Å². The van der Waals surface area contributed by atoms with Gasteiger partial charge in [-0.05, 0) is 67.7 Å². The number of nitrogens with zero attached hydrogens (tertiary/aromatic N) is 1. The van der Waals surface area contributed by atoms with E-state index in [9.17, 15) is 9.90 Å². The summed E-state index contributed by atoms with van der Waals surface area (Å²) >= 11 is 5.90. The van der Waals surface area contributed by atoms with Gasteiger partial charge in [-0.1, -0.05) is 42.8 Å². The number of aliphatic hydroxyl groups excluding tert-OH is 1. The van der Waals surface area contributed by atoms with Crippen LogP contribution in [0, 0.1) is 5.92 Å². The van der Waals surface area contributed by atoms with E-state index in [2.05, 4.69) is 24.0 Å². The molecule has 0 aromatic heterocycles. The molecule has 1 unspecified atom stereocenters. The number of carbonyl (C=O) groups excluding carboxylic acids is 1. The van der Waals surface area contributed by atoms with E-state index < -0.39 is 6.10 Å². The lowest BCUT2D eigenvalue weighted by Gasteiger charge is -2.32. The van der Waals surface area contributed by atoms with Gasteiger partial charge in [0.15, 0.2) is 5.78 Å². The first-order valence-corrected chi connectivity index (χ1v) is 9.73. The van der Waals surface area contributed by atoms with Gasteiger partial charge < -0.3 is 10.0 Å². The highest BCUT2D eigenvalue weighted by atomic mass is 35.5. The topological polar surface area (TPSA) is 40.5 Å². The van der Waals surface area contributed by atoms with Crippen LogP contribution >= 0.6 is 11.6 Å². The van der Waals surface area contributed by atoms with Crippen molar-refractivity contribution < 1.29 is 9.90 Å². The van der Waals surface area contributed by atoms with Crippen LogP contribution in [0.5, 0.6) is 0 Å². The fourth-order valence-corrected chi connectivity index (χ4v) is 3.68. The normalized spacial score (nSPS) is 17.2. The van der Waals surface area contributed by atoms with Crippen LogP contribution in [-0.4, -0.2) is 35.4 Å². The number of halogens is 1. The van der Waals surface area contributed by atoms with Crippen molar-refractivity contribution in [1.29, 1.82) is 0 Å². The van der Waals surface area contributed by atoms with Crippen LogP contribution in [-0.2, 0) is 6.42 Å². The second kappa shape index (κ2) is 8.81. The average molecular weight is 372 g/mol. The lowest BCUT2D eigenvalue weighted by Crippen LogP contribution is -2.38. The third-order valence-electron chi connectivity index (χ3n) is 5.29. The fraction of sp³-hybridized carbons (Fsp3) is 0.409. The van der Waals surface area contributed by atoms with Gasteiger partial charge >= 0.3 is 0 Å².